The first-order chi connectivity index (χ1) is 11.1. The van der Waals surface area contributed by atoms with Crippen LogP contribution in [-0.4, -0.2) is 53.3 Å². The second-order valence-electron chi connectivity index (χ2n) is 5.99. The number of benzene rings is 1. The number of rotatable bonds is 4. The van der Waals surface area contributed by atoms with E-state index in [9.17, 15) is 4.79 Å². The van der Waals surface area contributed by atoms with E-state index in [1.807, 2.05) is 11.0 Å². The highest BCUT2D eigenvalue weighted by atomic mass is 35.5. The van der Waals surface area contributed by atoms with E-state index in [-0.39, 0.29) is 5.91 Å². The number of nitrogens with one attached hydrogen (secondary N) is 1. The SMILES string of the molecule is Cn1ncc(Cl)c1C(=O)N1CC[NH+](CCc2ccccc2)CC1. The molecule has 3 rings (SSSR count). The number of hydrogen-bond donors (Lipinski definition) is 1. The number of carbonyl (C=O) groups excluding carboxylic acids is 1. The Hall–Kier alpha value is -1.85. The van der Waals surface area contributed by atoms with E-state index in [0.717, 1.165) is 39.1 Å². The van der Waals surface area contributed by atoms with Crippen LogP contribution in [0.25, 0.3) is 0 Å². The summed E-state index contributed by atoms with van der Waals surface area (Å²) in [6, 6.07) is 10.6. The number of hydrogen-bond acceptors (Lipinski definition) is 2. The number of amides is 1. The summed E-state index contributed by atoms with van der Waals surface area (Å²) in [5, 5.41) is 4.47. The van der Waals surface area contributed by atoms with Crippen LogP contribution in [0.2, 0.25) is 5.02 Å². The van der Waals surface area contributed by atoms with Crippen molar-refractivity contribution in [3.8, 4) is 0 Å². The maximum absolute atomic E-state index is 12.6. The maximum atomic E-state index is 12.6. The van der Waals surface area contributed by atoms with Crippen LogP contribution >= 0.6 is 11.6 Å². The molecule has 122 valence electrons. The lowest BCUT2D eigenvalue weighted by Gasteiger charge is -2.32. The first kappa shape index (κ1) is 16.0. The molecule has 0 unspecified atom stereocenters. The molecule has 1 amide bonds. The third-order valence-electron chi connectivity index (χ3n) is 4.46. The van der Waals surface area contributed by atoms with Crippen molar-refractivity contribution in [1.82, 2.24) is 14.7 Å². The van der Waals surface area contributed by atoms with Crippen LogP contribution in [0.4, 0.5) is 0 Å². The second-order valence-corrected chi connectivity index (χ2v) is 6.40. The monoisotopic (exact) mass is 333 g/mol. The molecule has 1 aliphatic rings. The van der Waals surface area contributed by atoms with Gasteiger partial charge in [0.2, 0.25) is 0 Å². The summed E-state index contributed by atoms with van der Waals surface area (Å²) in [4.78, 5) is 16.0. The van der Waals surface area contributed by atoms with Gasteiger partial charge in [-0.3, -0.25) is 9.48 Å². The van der Waals surface area contributed by atoms with Gasteiger partial charge in [0.15, 0.2) is 0 Å². The average molecular weight is 334 g/mol. The average Bonchev–Trinajstić information content (AvgIpc) is 2.92. The summed E-state index contributed by atoms with van der Waals surface area (Å²) in [5.74, 6) is -0.0166. The van der Waals surface area contributed by atoms with E-state index in [1.165, 1.54) is 11.8 Å². The molecule has 0 saturated carbocycles. The molecule has 1 saturated heterocycles. The molecular formula is C17H22ClN4O+. The largest absolute Gasteiger partial charge is 0.332 e. The van der Waals surface area contributed by atoms with Gasteiger partial charge in [0.05, 0.1) is 43.9 Å². The van der Waals surface area contributed by atoms with E-state index < -0.39 is 0 Å². The number of aromatic nitrogens is 2. The Bertz CT molecular complexity index is 643. The molecule has 1 fully saturated rings. The standard InChI is InChI=1S/C17H21ClN4O/c1-20-16(15(18)13-19-20)17(23)22-11-9-21(10-12-22)8-7-14-5-3-2-4-6-14/h2-6,13H,7-12H2,1H3/p+1. The molecule has 1 N–H and O–H groups in total. The van der Waals surface area contributed by atoms with Gasteiger partial charge in [-0.2, -0.15) is 5.10 Å². The predicted octanol–water partition coefficient (Wildman–Crippen LogP) is 0.657. The molecule has 2 aromatic rings. The third kappa shape index (κ3) is 3.74. The molecule has 0 aliphatic carbocycles. The Morgan fingerprint density at radius 1 is 1.26 bits per heavy atom. The summed E-state index contributed by atoms with van der Waals surface area (Å²) in [5.41, 5.74) is 1.86. The van der Waals surface area contributed by atoms with Crippen LogP contribution in [0.5, 0.6) is 0 Å². The minimum absolute atomic E-state index is 0.0166. The van der Waals surface area contributed by atoms with Crippen molar-refractivity contribution in [1.29, 1.82) is 0 Å². The molecule has 0 radical (unpaired) electrons. The summed E-state index contributed by atoms with van der Waals surface area (Å²) in [7, 11) is 1.75. The van der Waals surface area contributed by atoms with Crippen LogP contribution in [-0.2, 0) is 13.5 Å². The lowest BCUT2D eigenvalue weighted by atomic mass is 10.1. The number of piperazine rings is 1. The van der Waals surface area contributed by atoms with E-state index in [4.69, 9.17) is 11.6 Å². The van der Waals surface area contributed by atoms with Crippen molar-refractivity contribution < 1.29 is 9.69 Å². The van der Waals surface area contributed by atoms with Gasteiger partial charge in [0, 0.05) is 13.5 Å². The van der Waals surface area contributed by atoms with Gasteiger partial charge in [0.1, 0.15) is 5.69 Å². The van der Waals surface area contributed by atoms with Crippen LogP contribution < -0.4 is 4.90 Å². The number of carbonyl (C=O) groups is 1. The molecule has 1 aromatic heterocycles. The Balaban J connectivity index is 1.51. The highest BCUT2D eigenvalue weighted by Crippen LogP contribution is 2.16. The van der Waals surface area contributed by atoms with Gasteiger partial charge >= 0.3 is 0 Å². The van der Waals surface area contributed by atoms with Gasteiger partial charge < -0.3 is 9.80 Å². The smallest absolute Gasteiger partial charge is 0.274 e. The molecular weight excluding hydrogens is 312 g/mol. The zero-order chi connectivity index (χ0) is 16.2. The zero-order valence-electron chi connectivity index (χ0n) is 13.3. The van der Waals surface area contributed by atoms with Crippen LogP contribution in [0.3, 0.4) is 0 Å². The van der Waals surface area contributed by atoms with Crippen molar-refractivity contribution in [2.75, 3.05) is 32.7 Å². The van der Waals surface area contributed by atoms with Crippen molar-refractivity contribution in [2.24, 2.45) is 7.05 Å². The Morgan fingerprint density at radius 2 is 1.96 bits per heavy atom. The molecule has 1 aromatic carbocycles. The number of quaternary nitrogens is 1. The highest BCUT2D eigenvalue weighted by molar-refractivity contribution is 6.33. The molecule has 0 bridgehead atoms. The highest BCUT2D eigenvalue weighted by Gasteiger charge is 2.27. The minimum Gasteiger partial charge on any atom is -0.332 e. The fourth-order valence-corrected chi connectivity index (χ4v) is 3.29. The fourth-order valence-electron chi connectivity index (χ4n) is 3.04. The van der Waals surface area contributed by atoms with Crippen molar-refractivity contribution in [2.45, 2.75) is 6.42 Å². The molecule has 0 atom stereocenters. The number of halogens is 1. The zero-order valence-corrected chi connectivity index (χ0v) is 14.1. The molecule has 0 spiro atoms. The number of aryl methyl sites for hydroxylation is 1. The number of nitrogens with zero attached hydrogens (tertiary/aromatic N) is 3. The maximum Gasteiger partial charge on any atom is 0.274 e. The molecule has 5 nitrogen and oxygen atoms in total. The van der Waals surface area contributed by atoms with E-state index in [1.54, 1.807) is 16.6 Å². The minimum atomic E-state index is -0.0166. The van der Waals surface area contributed by atoms with E-state index in [2.05, 4.69) is 29.4 Å². The van der Waals surface area contributed by atoms with E-state index >= 15 is 0 Å². The quantitative estimate of drug-likeness (QED) is 0.893. The summed E-state index contributed by atoms with van der Waals surface area (Å²) < 4.78 is 1.55. The van der Waals surface area contributed by atoms with E-state index in [0.29, 0.717) is 10.7 Å². The van der Waals surface area contributed by atoms with Crippen molar-refractivity contribution >= 4 is 17.5 Å². The molecule has 1 aliphatic heterocycles. The topological polar surface area (TPSA) is 42.6 Å². The van der Waals surface area contributed by atoms with Gasteiger partial charge in [-0.05, 0) is 5.56 Å². The van der Waals surface area contributed by atoms with Crippen molar-refractivity contribution in [3.63, 3.8) is 0 Å². The predicted molar refractivity (Wildman–Crippen MR) is 89.8 cm³/mol. The van der Waals surface area contributed by atoms with Crippen molar-refractivity contribution in [3.05, 3.63) is 52.8 Å². The van der Waals surface area contributed by atoms with Crippen LogP contribution in [0, 0.1) is 0 Å². The van der Waals surface area contributed by atoms with Crippen LogP contribution in [0.1, 0.15) is 16.1 Å². The lowest BCUT2D eigenvalue weighted by molar-refractivity contribution is -0.903. The summed E-state index contributed by atoms with van der Waals surface area (Å²) in [6.45, 7) is 4.61. The molecule has 6 heteroatoms. The van der Waals surface area contributed by atoms with Gasteiger partial charge in [-0.15, -0.1) is 0 Å². The first-order valence-electron chi connectivity index (χ1n) is 7.99. The van der Waals surface area contributed by atoms with Crippen LogP contribution in [0.15, 0.2) is 36.5 Å². The summed E-state index contributed by atoms with van der Waals surface area (Å²) >= 11 is 6.07. The Morgan fingerprint density at radius 3 is 2.57 bits per heavy atom. The molecule has 23 heavy (non-hydrogen) atoms. The molecule has 2 heterocycles. The second kappa shape index (κ2) is 7.15. The van der Waals surface area contributed by atoms with Gasteiger partial charge in [-0.25, -0.2) is 0 Å². The normalized spacial score (nSPS) is 15.8. The third-order valence-corrected chi connectivity index (χ3v) is 4.74. The lowest BCUT2D eigenvalue weighted by Crippen LogP contribution is -3.15. The Kier molecular flexibility index (Phi) is 4.98. The fraction of sp³-hybridized carbons (Fsp3) is 0.412. The summed E-state index contributed by atoms with van der Waals surface area (Å²) in [6.07, 6.45) is 2.60. The Labute approximate surface area is 141 Å². The first-order valence-corrected chi connectivity index (χ1v) is 8.37. The van der Waals surface area contributed by atoms with Gasteiger partial charge in [-0.1, -0.05) is 41.9 Å². The van der Waals surface area contributed by atoms with Gasteiger partial charge in [0.25, 0.3) is 5.91 Å².